The molecule has 2 nitrogen and oxygen atoms in total. The average Bonchev–Trinajstić information content (AvgIpc) is 2.41. The topological polar surface area (TPSA) is 21.3 Å². The first kappa shape index (κ1) is 13.1. The summed E-state index contributed by atoms with van der Waals surface area (Å²) in [4.78, 5) is 0. The summed E-state index contributed by atoms with van der Waals surface area (Å²) >= 11 is 3.47. The Balaban J connectivity index is 2.14. The lowest BCUT2D eigenvalue weighted by molar-refractivity contribution is 0.479. The molecule has 0 aliphatic carbocycles. The summed E-state index contributed by atoms with van der Waals surface area (Å²) in [6.45, 7) is 2.13. The van der Waals surface area contributed by atoms with Gasteiger partial charge in [0.2, 0.25) is 0 Å². The third kappa shape index (κ3) is 3.12. The van der Waals surface area contributed by atoms with Crippen LogP contribution >= 0.6 is 15.9 Å². The van der Waals surface area contributed by atoms with Crippen LogP contribution < -0.4 is 10.1 Å². The standard InChI is InChI=1S/C15H16BrNO/c1-11(17-2)12-7-9-13(10-8-12)18-15-6-4-3-5-14(15)16/h3-11,17H,1-2H3. The Morgan fingerprint density at radius 3 is 2.33 bits per heavy atom. The molecule has 0 aromatic heterocycles. The zero-order valence-electron chi connectivity index (χ0n) is 10.5. The fourth-order valence-electron chi connectivity index (χ4n) is 1.65. The third-order valence-corrected chi connectivity index (χ3v) is 3.53. The lowest BCUT2D eigenvalue weighted by Crippen LogP contribution is -2.11. The van der Waals surface area contributed by atoms with Crippen molar-refractivity contribution in [3.63, 3.8) is 0 Å². The molecule has 0 saturated carbocycles. The van der Waals surface area contributed by atoms with E-state index in [1.54, 1.807) is 0 Å². The molecule has 0 spiro atoms. The number of para-hydroxylation sites is 1. The largest absolute Gasteiger partial charge is 0.456 e. The van der Waals surface area contributed by atoms with Crippen LogP contribution in [0.3, 0.4) is 0 Å². The van der Waals surface area contributed by atoms with E-state index in [4.69, 9.17) is 4.74 Å². The van der Waals surface area contributed by atoms with Crippen molar-refractivity contribution in [1.29, 1.82) is 0 Å². The third-order valence-electron chi connectivity index (χ3n) is 2.88. The van der Waals surface area contributed by atoms with Crippen LogP contribution in [0.4, 0.5) is 0 Å². The van der Waals surface area contributed by atoms with Crippen LogP contribution in [0.25, 0.3) is 0 Å². The molecule has 0 aliphatic heterocycles. The van der Waals surface area contributed by atoms with Crippen LogP contribution in [0.15, 0.2) is 53.0 Å². The Labute approximate surface area is 116 Å². The molecule has 0 fully saturated rings. The van der Waals surface area contributed by atoms with Gasteiger partial charge in [0.05, 0.1) is 4.47 Å². The first-order valence-electron chi connectivity index (χ1n) is 5.90. The predicted molar refractivity (Wildman–Crippen MR) is 78.1 cm³/mol. The molecule has 0 amide bonds. The molecule has 94 valence electrons. The first-order valence-corrected chi connectivity index (χ1v) is 6.69. The van der Waals surface area contributed by atoms with Crippen LogP contribution in [0.5, 0.6) is 11.5 Å². The van der Waals surface area contributed by atoms with Crippen LogP contribution in [-0.4, -0.2) is 7.05 Å². The second kappa shape index (κ2) is 6.03. The molecule has 1 N–H and O–H groups in total. The smallest absolute Gasteiger partial charge is 0.141 e. The van der Waals surface area contributed by atoms with Gasteiger partial charge in [0, 0.05) is 6.04 Å². The zero-order chi connectivity index (χ0) is 13.0. The predicted octanol–water partition coefficient (Wildman–Crippen LogP) is 4.52. The van der Waals surface area contributed by atoms with E-state index < -0.39 is 0 Å². The lowest BCUT2D eigenvalue weighted by Gasteiger charge is -2.12. The molecule has 0 heterocycles. The molecule has 1 unspecified atom stereocenters. The highest BCUT2D eigenvalue weighted by Gasteiger charge is 2.04. The summed E-state index contributed by atoms with van der Waals surface area (Å²) in [7, 11) is 1.95. The van der Waals surface area contributed by atoms with Gasteiger partial charge in [-0.1, -0.05) is 24.3 Å². The number of hydrogen-bond acceptors (Lipinski definition) is 2. The summed E-state index contributed by atoms with van der Waals surface area (Å²) in [5.41, 5.74) is 1.25. The molecule has 0 saturated heterocycles. The Kier molecular flexibility index (Phi) is 4.39. The van der Waals surface area contributed by atoms with Gasteiger partial charge in [0.15, 0.2) is 0 Å². The van der Waals surface area contributed by atoms with Crippen molar-refractivity contribution in [3.05, 3.63) is 58.6 Å². The highest BCUT2D eigenvalue weighted by molar-refractivity contribution is 9.10. The zero-order valence-corrected chi connectivity index (χ0v) is 12.1. The molecule has 1 atom stereocenters. The Morgan fingerprint density at radius 2 is 1.72 bits per heavy atom. The maximum absolute atomic E-state index is 5.81. The van der Waals surface area contributed by atoms with Gasteiger partial charge in [0.25, 0.3) is 0 Å². The van der Waals surface area contributed by atoms with E-state index in [0.717, 1.165) is 16.0 Å². The minimum atomic E-state index is 0.350. The van der Waals surface area contributed by atoms with Crippen molar-refractivity contribution in [2.75, 3.05) is 7.05 Å². The van der Waals surface area contributed by atoms with Crippen LogP contribution in [0.1, 0.15) is 18.5 Å². The maximum atomic E-state index is 5.81. The number of nitrogens with one attached hydrogen (secondary N) is 1. The van der Waals surface area contributed by atoms with Crippen LogP contribution in [0.2, 0.25) is 0 Å². The second-order valence-electron chi connectivity index (χ2n) is 4.11. The summed E-state index contributed by atoms with van der Waals surface area (Å²) in [6.07, 6.45) is 0. The summed E-state index contributed by atoms with van der Waals surface area (Å²) in [6, 6.07) is 16.3. The van der Waals surface area contributed by atoms with Gasteiger partial charge in [-0.15, -0.1) is 0 Å². The molecule has 2 rings (SSSR count). The summed E-state index contributed by atoms with van der Waals surface area (Å²) < 4.78 is 6.77. The fraction of sp³-hybridized carbons (Fsp3) is 0.200. The number of ether oxygens (including phenoxy) is 1. The normalized spacial score (nSPS) is 12.2. The van der Waals surface area contributed by atoms with Crippen LogP contribution in [-0.2, 0) is 0 Å². The van der Waals surface area contributed by atoms with E-state index in [0.29, 0.717) is 6.04 Å². The quantitative estimate of drug-likeness (QED) is 0.896. The van der Waals surface area contributed by atoms with Gasteiger partial charge in [-0.05, 0) is 59.7 Å². The van der Waals surface area contributed by atoms with E-state index in [2.05, 4.69) is 40.3 Å². The first-order chi connectivity index (χ1) is 8.70. The van der Waals surface area contributed by atoms with Gasteiger partial charge in [-0.25, -0.2) is 0 Å². The lowest BCUT2D eigenvalue weighted by atomic mass is 10.1. The van der Waals surface area contributed by atoms with Crippen molar-refractivity contribution in [2.45, 2.75) is 13.0 Å². The molecule has 2 aromatic carbocycles. The number of hydrogen-bond donors (Lipinski definition) is 1. The minimum Gasteiger partial charge on any atom is -0.456 e. The molecule has 0 radical (unpaired) electrons. The molecule has 18 heavy (non-hydrogen) atoms. The van der Waals surface area contributed by atoms with Crippen molar-refractivity contribution in [3.8, 4) is 11.5 Å². The van der Waals surface area contributed by atoms with E-state index in [1.807, 2.05) is 43.4 Å². The van der Waals surface area contributed by atoms with Gasteiger partial charge in [-0.3, -0.25) is 0 Å². The Morgan fingerprint density at radius 1 is 1.06 bits per heavy atom. The number of halogens is 1. The van der Waals surface area contributed by atoms with Crippen molar-refractivity contribution in [1.82, 2.24) is 5.32 Å². The van der Waals surface area contributed by atoms with E-state index >= 15 is 0 Å². The van der Waals surface area contributed by atoms with Crippen molar-refractivity contribution < 1.29 is 4.74 Å². The van der Waals surface area contributed by atoms with Gasteiger partial charge >= 0.3 is 0 Å². The molecular formula is C15H16BrNO. The Hall–Kier alpha value is -1.32. The summed E-state index contributed by atoms with van der Waals surface area (Å²) in [5, 5.41) is 3.21. The minimum absolute atomic E-state index is 0.350. The molecule has 0 bridgehead atoms. The monoisotopic (exact) mass is 305 g/mol. The van der Waals surface area contributed by atoms with Gasteiger partial charge in [0.1, 0.15) is 11.5 Å². The SMILES string of the molecule is CNC(C)c1ccc(Oc2ccccc2Br)cc1. The van der Waals surface area contributed by atoms with Crippen molar-refractivity contribution in [2.24, 2.45) is 0 Å². The molecular weight excluding hydrogens is 290 g/mol. The van der Waals surface area contributed by atoms with Crippen molar-refractivity contribution >= 4 is 15.9 Å². The highest BCUT2D eigenvalue weighted by Crippen LogP contribution is 2.29. The number of rotatable bonds is 4. The van der Waals surface area contributed by atoms with Gasteiger partial charge in [-0.2, -0.15) is 0 Å². The second-order valence-corrected chi connectivity index (χ2v) is 4.97. The van der Waals surface area contributed by atoms with Gasteiger partial charge < -0.3 is 10.1 Å². The fourth-order valence-corrected chi connectivity index (χ4v) is 2.01. The molecule has 0 aliphatic rings. The Bertz CT molecular complexity index is 510. The van der Waals surface area contributed by atoms with E-state index in [9.17, 15) is 0 Å². The molecule has 2 aromatic rings. The van der Waals surface area contributed by atoms with E-state index in [-0.39, 0.29) is 0 Å². The molecule has 3 heteroatoms. The van der Waals surface area contributed by atoms with E-state index in [1.165, 1.54) is 5.56 Å². The summed E-state index contributed by atoms with van der Waals surface area (Å²) in [5.74, 6) is 1.67. The average molecular weight is 306 g/mol. The van der Waals surface area contributed by atoms with Crippen LogP contribution in [0, 0.1) is 0 Å². The number of benzene rings is 2. The maximum Gasteiger partial charge on any atom is 0.141 e. The highest BCUT2D eigenvalue weighted by atomic mass is 79.9.